The largest absolute Gasteiger partial charge is 0.497 e. The van der Waals surface area contributed by atoms with Crippen molar-refractivity contribution in [3.05, 3.63) is 48.8 Å². The van der Waals surface area contributed by atoms with E-state index in [9.17, 15) is 0 Å². The number of rotatable bonds is 4. The van der Waals surface area contributed by atoms with E-state index >= 15 is 0 Å². The van der Waals surface area contributed by atoms with E-state index < -0.39 is 0 Å². The second-order valence-electron chi connectivity index (χ2n) is 4.33. The van der Waals surface area contributed by atoms with Crippen molar-refractivity contribution in [3.8, 4) is 17.2 Å². The summed E-state index contributed by atoms with van der Waals surface area (Å²) in [6.45, 7) is 0. The van der Waals surface area contributed by atoms with Gasteiger partial charge in [0.25, 0.3) is 0 Å². The normalized spacial score (nSPS) is 10.6. The van der Waals surface area contributed by atoms with E-state index in [-0.39, 0.29) is 0 Å². The van der Waals surface area contributed by atoms with Gasteiger partial charge in [0.2, 0.25) is 0 Å². The van der Waals surface area contributed by atoms with Gasteiger partial charge in [-0.25, -0.2) is 4.98 Å². The average Bonchev–Trinajstić information content (AvgIpc) is 2.55. The van der Waals surface area contributed by atoms with Crippen LogP contribution in [0, 0.1) is 0 Å². The van der Waals surface area contributed by atoms with Crippen LogP contribution in [0.5, 0.6) is 17.2 Å². The van der Waals surface area contributed by atoms with Gasteiger partial charge < -0.3 is 9.47 Å². The molecule has 0 unspecified atom stereocenters. The maximum absolute atomic E-state index is 5.91. The Morgan fingerprint density at radius 2 is 1.86 bits per heavy atom. The minimum absolute atomic E-state index is 0.705. The van der Waals surface area contributed by atoms with Crippen LogP contribution in [-0.2, 0) is 0 Å². The van der Waals surface area contributed by atoms with Crippen LogP contribution in [-0.4, -0.2) is 23.3 Å². The molecule has 5 heteroatoms. The summed E-state index contributed by atoms with van der Waals surface area (Å²) in [5, 5.41) is 1.90. The molecule has 21 heavy (non-hydrogen) atoms. The van der Waals surface area contributed by atoms with Gasteiger partial charge >= 0.3 is 0 Å². The van der Waals surface area contributed by atoms with Crippen LogP contribution in [0.3, 0.4) is 0 Å². The number of fused-ring (bicyclic) bond motifs is 1. The zero-order valence-corrected chi connectivity index (χ0v) is 12.6. The first-order chi connectivity index (χ1) is 10.3. The Morgan fingerprint density at radius 3 is 2.57 bits per heavy atom. The SMILES string of the molecule is COc1ccc2c(Oc3ccc(SC)nc3)ccnc2c1. The third-order valence-corrected chi connectivity index (χ3v) is 3.72. The molecule has 3 aromatic rings. The first-order valence-corrected chi connectivity index (χ1v) is 7.63. The van der Waals surface area contributed by atoms with Crippen molar-refractivity contribution in [2.24, 2.45) is 0 Å². The van der Waals surface area contributed by atoms with Crippen molar-refractivity contribution in [2.45, 2.75) is 5.03 Å². The van der Waals surface area contributed by atoms with Gasteiger partial charge in [0.1, 0.15) is 17.2 Å². The summed E-state index contributed by atoms with van der Waals surface area (Å²) in [5.41, 5.74) is 0.834. The smallest absolute Gasteiger partial charge is 0.145 e. The number of hydrogen-bond acceptors (Lipinski definition) is 5. The molecule has 0 fully saturated rings. The fourth-order valence-corrected chi connectivity index (χ4v) is 2.35. The highest BCUT2D eigenvalue weighted by atomic mass is 32.2. The number of nitrogens with zero attached hydrogens (tertiary/aromatic N) is 2. The van der Waals surface area contributed by atoms with Gasteiger partial charge in [-0.1, -0.05) is 0 Å². The molecule has 2 aromatic heterocycles. The van der Waals surface area contributed by atoms with E-state index in [2.05, 4.69) is 9.97 Å². The number of methoxy groups -OCH3 is 1. The molecular formula is C16H14N2O2S. The monoisotopic (exact) mass is 298 g/mol. The number of ether oxygens (including phenoxy) is 2. The lowest BCUT2D eigenvalue weighted by molar-refractivity contribution is 0.415. The zero-order valence-electron chi connectivity index (χ0n) is 11.7. The molecule has 3 rings (SSSR count). The molecule has 0 radical (unpaired) electrons. The average molecular weight is 298 g/mol. The van der Waals surface area contributed by atoms with Crippen molar-refractivity contribution >= 4 is 22.7 Å². The number of hydrogen-bond donors (Lipinski definition) is 0. The van der Waals surface area contributed by atoms with Crippen molar-refractivity contribution in [1.82, 2.24) is 9.97 Å². The maximum Gasteiger partial charge on any atom is 0.145 e. The topological polar surface area (TPSA) is 44.2 Å². The van der Waals surface area contributed by atoms with Crippen LogP contribution in [0.4, 0.5) is 0 Å². The Morgan fingerprint density at radius 1 is 1.00 bits per heavy atom. The molecule has 0 aliphatic heterocycles. The van der Waals surface area contributed by atoms with Crippen LogP contribution >= 0.6 is 11.8 Å². The van der Waals surface area contributed by atoms with Crippen LogP contribution < -0.4 is 9.47 Å². The van der Waals surface area contributed by atoms with E-state index in [0.29, 0.717) is 5.75 Å². The maximum atomic E-state index is 5.91. The second kappa shape index (κ2) is 6.01. The van der Waals surface area contributed by atoms with Crippen molar-refractivity contribution in [2.75, 3.05) is 13.4 Å². The molecule has 106 valence electrons. The van der Waals surface area contributed by atoms with Crippen LogP contribution in [0.1, 0.15) is 0 Å². The summed E-state index contributed by atoms with van der Waals surface area (Å²) < 4.78 is 11.1. The molecule has 0 atom stereocenters. The number of benzene rings is 1. The predicted molar refractivity (Wildman–Crippen MR) is 84.4 cm³/mol. The molecule has 4 nitrogen and oxygen atoms in total. The predicted octanol–water partition coefficient (Wildman–Crippen LogP) is 4.15. The summed E-state index contributed by atoms with van der Waals surface area (Å²) in [5.74, 6) is 2.23. The third-order valence-electron chi connectivity index (χ3n) is 3.06. The highest BCUT2D eigenvalue weighted by molar-refractivity contribution is 7.98. The summed E-state index contributed by atoms with van der Waals surface area (Å²) in [6.07, 6.45) is 5.44. The molecule has 0 bridgehead atoms. The lowest BCUT2D eigenvalue weighted by Gasteiger charge is -2.09. The minimum Gasteiger partial charge on any atom is -0.497 e. The van der Waals surface area contributed by atoms with Crippen molar-refractivity contribution in [1.29, 1.82) is 0 Å². The molecule has 2 heterocycles. The Balaban J connectivity index is 1.95. The Kier molecular flexibility index (Phi) is 3.92. The van der Waals surface area contributed by atoms with Gasteiger partial charge in [0.05, 0.1) is 23.8 Å². The van der Waals surface area contributed by atoms with Crippen molar-refractivity contribution < 1.29 is 9.47 Å². The fraction of sp³-hybridized carbons (Fsp3) is 0.125. The van der Waals surface area contributed by atoms with Gasteiger partial charge in [0.15, 0.2) is 0 Å². The zero-order chi connectivity index (χ0) is 14.7. The highest BCUT2D eigenvalue weighted by Crippen LogP contribution is 2.30. The van der Waals surface area contributed by atoms with Gasteiger partial charge in [-0.3, -0.25) is 4.98 Å². The number of pyridine rings is 2. The summed E-state index contributed by atoms with van der Waals surface area (Å²) in [4.78, 5) is 8.64. The standard InChI is InChI=1S/C16H14N2O2S/c1-19-11-3-5-13-14(9-11)17-8-7-15(13)20-12-4-6-16(21-2)18-10-12/h3-10H,1-2H3. The highest BCUT2D eigenvalue weighted by Gasteiger charge is 2.06. The summed E-state index contributed by atoms with van der Waals surface area (Å²) >= 11 is 1.60. The van der Waals surface area contributed by atoms with E-state index in [1.165, 1.54) is 0 Å². The molecule has 1 aromatic carbocycles. The van der Waals surface area contributed by atoms with E-state index in [1.54, 1.807) is 31.3 Å². The quantitative estimate of drug-likeness (QED) is 0.677. The second-order valence-corrected chi connectivity index (χ2v) is 5.16. The van der Waals surface area contributed by atoms with Crippen LogP contribution in [0.25, 0.3) is 10.9 Å². The number of thioether (sulfide) groups is 1. The van der Waals surface area contributed by atoms with Gasteiger partial charge in [-0.2, -0.15) is 0 Å². The minimum atomic E-state index is 0.705. The molecule has 0 saturated heterocycles. The summed E-state index contributed by atoms with van der Waals surface area (Å²) in [6, 6.07) is 11.4. The lowest BCUT2D eigenvalue weighted by atomic mass is 10.2. The fourth-order valence-electron chi connectivity index (χ4n) is 1.99. The molecule has 0 N–H and O–H groups in total. The first-order valence-electron chi connectivity index (χ1n) is 6.41. The molecule has 0 spiro atoms. The molecule has 0 aliphatic rings. The number of aromatic nitrogens is 2. The molecule has 0 aliphatic carbocycles. The first kappa shape index (κ1) is 13.7. The van der Waals surface area contributed by atoms with E-state index in [1.807, 2.05) is 42.7 Å². The van der Waals surface area contributed by atoms with Crippen molar-refractivity contribution in [3.63, 3.8) is 0 Å². The molecule has 0 saturated carbocycles. The van der Waals surface area contributed by atoms with Crippen LogP contribution in [0.15, 0.2) is 53.8 Å². The molecular weight excluding hydrogens is 284 g/mol. The lowest BCUT2D eigenvalue weighted by Crippen LogP contribution is -1.90. The van der Waals surface area contributed by atoms with Crippen LogP contribution in [0.2, 0.25) is 0 Å². The third kappa shape index (κ3) is 2.92. The van der Waals surface area contributed by atoms with E-state index in [0.717, 1.165) is 27.4 Å². The van der Waals surface area contributed by atoms with E-state index in [4.69, 9.17) is 9.47 Å². The van der Waals surface area contributed by atoms with Gasteiger partial charge in [0, 0.05) is 17.6 Å². The molecule has 0 amide bonds. The Bertz CT molecular complexity index is 760. The Hall–Kier alpha value is -2.27. The van der Waals surface area contributed by atoms with Gasteiger partial charge in [-0.15, -0.1) is 11.8 Å². The Labute approximate surface area is 127 Å². The summed E-state index contributed by atoms with van der Waals surface area (Å²) in [7, 11) is 1.64. The van der Waals surface area contributed by atoms with Gasteiger partial charge in [-0.05, 0) is 36.6 Å².